The molecule has 0 radical (unpaired) electrons. The standard InChI is InChI=1S/C13H17Cl2NO/c1-8(2)12(15)7-16-13(17)10-4-5-11(14)9(3)6-10/h4-6,8,12H,7H2,1-3H3,(H,16,17). The zero-order chi connectivity index (χ0) is 13.0. The molecule has 0 bridgehead atoms. The number of aryl methyl sites for hydroxylation is 1. The van der Waals surface area contributed by atoms with Gasteiger partial charge in [0.05, 0.1) is 5.38 Å². The van der Waals surface area contributed by atoms with Crippen molar-refractivity contribution in [1.29, 1.82) is 0 Å². The highest BCUT2D eigenvalue weighted by molar-refractivity contribution is 6.31. The van der Waals surface area contributed by atoms with Crippen LogP contribution in [-0.4, -0.2) is 17.8 Å². The molecule has 1 atom stereocenters. The minimum absolute atomic E-state index is 0.0488. The lowest BCUT2D eigenvalue weighted by molar-refractivity contribution is 0.0952. The van der Waals surface area contributed by atoms with Crippen LogP contribution in [0.2, 0.25) is 5.02 Å². The quantitative estimate of drug-likeness (QED) is 0.834. The van der Waals surface area contributed by atoms with Gasteiger partial charge in [-0.1, -0.05) is 25.4 Å². The van der Waals surface area contributed by atoms with Gasteiger partial charge in [0.15, 0.2) is 0 Å². The number of hydrogen-bond acceptors (Lipinski definition) is 1. The zero-order valence-electron chi connectivity index (χ0n) is 10.3. The fourth-order valence-electron chi connectivity index (χ4n) is 1.31. The van der Waals surface area contributed by atoms with E-state index in [1.807, 2.05) is 20.8 Å². The molecule has 1 amide bonds. The third-order valence-electron chi connectivity index (χ3n) is 2.60. The van der Waals surface area contributed by atoms with Crippen molar-refractivity contribution >= 4 is 29.1 Å². The number of carbonyl (C=O) groups is 1. The van der Waals surface area contributed by atoms with E-state index in [2.05, 4.69) is 5.32 Å². The van der Waals surface area contributed by atoms with Gasteiger partial charge in [-0.05, 0) is 36.6 Å². The Morgan fingerprint density at radius 3 is 2.59 bits per heavy atom. The molecule has 4 heteroatoms. The molecule has 0 aliphatic heterocycles. The number of alkyl halides is 1. The van der Waals surface area contributed by atoms with Crippen LogP contribution in [0.15, 0.2) is 18.2 Å². The number of benzene rings is 1. The van der Waals surface area contributed by atoms with E-state index in [0.717, 1.165) is 5.56 Å². The van der Waals surface area contributed by atoms with Crippen LogP contribution in [0.5, 0.6) is 0 Å². The summed E-state index contributed by atoms with van der Waals surface area (Å²) in [5.74, 6) is 0.222. The molecule has 94 valence electrons. The average molecular weight is 274 g/mol. The van der Waals surface area contributed by atoms with Gasteiger partial charge in [-0.15, -0.1) is 11.6 Å². The summed E-state index contributed by atoms with van der Waals surface area (Å²) >= 11 is 12.0. The summed E-state index contributed by atoms with van der Waals surface area (Å²) < 4.78 is 0. The topological polar surface area (TPSA) is 29.1 Å². The van der Waals surface area contributed by atoms with Crippen molar-refractivity contribution in [2.75, 3.05) is 6.54 Å². The molecule has 0 spiro atoms. The fraction of sp³-hybridized carbons (Fsp3) is 0.462. The van der Waals surface area contributed by atoms with Crippen LogP contribution in [0, 0.1) is 12.8 Å². The Bertz CT molecular complexity index is 404. The van der Waals surface area contributed by atoms with Gasteiger partial charge in [0.2, 0.25) is 0 Å². The third-order valence-corrected chi connectivity index (χ3v) is 3.68. The van der Waals surface area contributed by atoms with Crippen molar-refractivity contribution in [3.63, 3.8) is 0 Å². The average Bonchev–Trinajstić information content (AvgIpc) is 2.28. The van der Waals surface area contributed by atoms with Crippen molar-refractivity contribution in [2.45, 2.75) is 26.1 Å². The molecule has 0 heterocycles. The van der Waals surface area contributed by atoms with Crippen LogP contribution in [0.1, 0.15) is 29.8 Å². The largest absolute Gasteiger partial charge is 0.351 e. The Kier molecular flexibility index (Phi) is 5.29. The highest BCUT2D eigenvalue weighted by Crippen LogP contribution is 2.16. The molecular weight excluding hydrogens is 257 g/mol. The number of hydrogen-bond donors (Lipinski definition) is 1. The maximum Gasteiger partial charge on any atom is 0.251 e. The first-order chi connectivity index (χ1) is 7.91. The fourth-order valence-corrected chi connectivity index (χ4v) is 1.51. The maximum atomic E-state index is 11.8. The molecule has 0 aliphatic rings. The highest BCUT2D eigenvalue weighted by atomic mass is 35.5. The predicted octanol–water partition coefficient (Wildman–Crippen LogP) is 3.64. The van der Waals surface area contributed by atoms with Gasteiger partial charge < -0.3 is 5.32 Å². The summed E-state index contributed by atoms with van der Waals surface area (Å²) in [5, 5.41) is 3.43. The second-order valence-corrected chi connectivity index (χ2v) is 5.40. The number of carbonyl (C=O) groups excluding carboxylic acids is 1. The van der Waals surface area contributed by atoms with Crippen LogP contribution >= 0.6 is 23.2 Å². The Morgan fingerprint density at radius 1 is 1.41 bits per heavy atom. The minimum atomic E-state index is -0.115. The van der Waals surface area contributed by atoms with Crippen LogP contribution in [0.3, 0.4) is 0 Å². The van der Waals surface area contributed by atoms with E-state index in [-0.39, 0.29) is 11.3 Å². The van der Waals surface area contributed by atoms with Crippen LogP contribution < -0.4 is 5.32 Å². The molecular formula is C13H17Cl2NO. The summed E-state index contributed by atoms with van der Waals surface area (Å²) in [7, 11) is 0. The minimum Gasteiger partial charge on any atom is -0.351 e. The second kappa shape index (κ2) is 6.27. The first-order valence-corrected chi connectivity index (χ1v) is 6.41. The van der Waals surface area contributed by atoms with E-state index in [0.29, 0.717) is 23.0 Å². The lowest BCUT2D eigenvalue weighted by Gasteiger charge is -2.14. The molecule has 0 aromatic heterocycles. The smallest absolute Gasteiger partial charge is 0.251 e. The Labute approximate surface area is 112 Å². The van der Waals surface area contributed by atoms with Crippen LogP contribution in [-0.2, 0) is 0 Å². The summed E-state index contributed by atoms with van der Waals surface area (Å²) in [6.07, 6.45) is 0. The zero-order valence-corrected chi connectivity index (χ0v) is 11.8. The summed E-state index contributed by atoms with van der Waals surface area (Å²) in [6, 6.07) is 5.21. The molecule has 1 N–H and O–H groups in total. The van der Waals surface area contributed by atoms with Crippen molar-refractivity contribution in [1.82, 2.24) is 5.32 Å². The van der Waals surface area contributed by atoms with Gasteiger partial charge in [-0.3, -0.25) is 4.79 Å². The normalized spacial score (nSPS) is 12.6. The molecule has 1 rings (SSSR count). The van der Waals surface area contributed by atoms with E-state index in [1.54, 1.807) is 18.2 Å². The molecule has 1 aromatic carbocycles. The van der Waals surface area contributed by atoms with E-state index in [4.69, 9.17) is 23.2 Å². The highest BCUT2D eigenvalue weighted by Gasteiger charge is 2.12. The Balaban J connectivity index is 2.61. The molecule has 0 fully saturated rings. The number of amides is 1. The van der Waals surface area contributed by atoms with Crippen molar-refractivity contribution in [2.24, 2.45) is 5.92 Å². The van der Waals surface area contributed by atoms with Gasteiger partial charge >= 0.3 is 0 Å². The van der Waals surface area contributed by atoms with Crippen LogP contribution in [0.4, 0.5) is 0 Å². The number of rotatable bonds is 4. The van der Waals surface area contributed by atoms with Gasteiger partial charge in [0, 0.05) is 17.1 Å². The van der Waals surface area contributed by atoms with E-state index >= 15 is 0 Å². The summed E-state index contributed by atoms with van der Waals surface area (Å²) in [6.45, 7) is 6.39. The van der Waals surface area contributed by atoms with Gasteiger partial charge in [0.1, 0.15) is 0 Å². The Hall–Kier alpha value is -0.730. The van der Waals surface area contributed by atoms with E-state index in [9.17, 15) is 4.79 Å². The third kappa shape index (κ3) is 4.21. The summed E-state index contributed by atoms with van der Waals surface area (Å²) in [4.78, 5) is 11.8. The summed E-state index contributed by atoms with van der Waals surface area (Å²) in [5.41, 5.74) is 1.50. The predicted molar refractivity (Wildman–Crippen MR) is 73.0 cm³/mol. The molecule has 17 heavy (non-hydrogen) atoms. The van der Waals surface area contributed by atoms with Crippen molar-refractivity contribution in [3.05, 3.63) is 34.3 Å². The van der Waals surface area contributed by atoms with E-state index in [1.165, 1.54) is 0 Å². The van der Waals surface area contributed by atoms with E-state index < -0.39 is 0 Å². The molecule has 2 nitrogen and oxygen atoms in total. The monoisotopic (exact) mass is 273 g/mol. The number of nitrogens with one attached hydrogen (secondary N) is 1. The first kappa shape index (κ1) is 14.3. The molecule has 0 aliphatic carbocycles. The second-order valence-electron chi connectivity index (χ2n) is 4.43. The van der Waals surface area contributed by atoms with Crippen molar-refractivity contribution < 1.29 is 4.79 Å². The van der Waals surface area contributed by atoms with Gasteiger partial charge in [0.25, 0.3) is 5.91 Å². The van der Waals surface area contributed by atoms with Gasteiger partial charge in [-0.2, -0.15) is 0 Å². The first-order valence-electron chi connectivity index (χ1n) is 5.60. The van der Waals surface area contributed by atoms with Crippen molar-refractivity contribution in [3.8, 4) is 0 Å². The maximum absolute atomic E-state index is 11.8. The van der Waals surface area contributed by atoms with Gasteiger partial charge in [-0.25, -0.2) is 0 Å². The Morgan fingerprint density at radius 2 is 2.06 bits per heavy atom. The lowest BCUT2D eigenvalue weighted by atomic mass is 10.1. The molecule has 1 aromatic rings. The molecule has 1 unspecified atom stereocenters. The SMILES string of the molecule is Cc1cc(C(=O)NCC(Cl)C(C)C)ccc1Cl. The number of halogens is 2. The molecule has 0 saturated carbocycles. The lowest BCUT2D eigenvalue weighted by Crippen LogP contribution is -2.31. The van der Waals surface area contributed by atoms with Crippen LogP contribution in [0.25, 0.3) is 0 Å². The molecule has 0 saturated heterocycles.